The van der Waals surface area contributed by atoms with Crippen molar-refractivity contribution in [2.75, 3.05) is 45.8 Å². The van der Waals surface area contributed by atoms with Gasteiger partial charge in [-0.15, -0.1) is 11.3 Å². The van der Waals surface area contributed by atoms with Gasteiger partial charge in [-0.1, -0.05) is 0 Å². The molecule has 1 atom stereocenters. The van der Waals surface area contributed by atoms with Gasteiger partial charge >= 0.3 is 0 Å². The van der Waals surface area contributed by atoms with Gasteiger partial charge < -0.3 is 10.2 Å². The second-order valence-electron chi connectivity index (χ2n) is 9.76. The van der Waals surface area contributed by atoms with Crippen LogP contribution in [-0.2, 0) is 16.0 Å². The molecule has 0 unspecified atom stereocenters. The van der Waals surface area contributed by atoms with Crippen molar-refractivity contribution in [3.63, 3.8) is 0 Å². The molecule has 1 saturated carbocycles. The van der Waals surface area contributed by atoms with Gasteiger partial charge in [-0.2, -0.15) is 0 Å². The minimum absolute atomic E-state index is 0.0597. The topological polar surface area (TPSA) is 55.9 Å². The second kappa shape index (κ2) is 8.36. The molecule has 0 aromatic carbocycles. The summed E-state index contributed by atoms with van der Waals surface area (Å²) in [5.41, 5.74) is 1.27. The average Bonchev–Trinajstić information content (AvgIpc) is 3.36. The third-order valence-corrected chi connectivity index (χ3v) is 7.13. The van der Waals surface area contributed by atoms with Crippen LogP contribution in [0.1, 0.15) is 50.1 Å². The van der Waals surface area contributed by atoms with Gasteiger partial charge in [-0.3, -0.25) is 19.4 Å². The Labute approximate surface area is 178 Å². The first-order valence-corrected chi connectivity index (χ1v) is 11.8. The van der Waals surface area contributed by atoms with Crippen LogP contribution in [0.25, 0.3) is 0 Å². The molecule has 2 amide bonds. The van der Waals surface area contributed by atoms with Gasteiger partial charge in [-0.05, 0) is 63.0 Å². The standard InChI is InChI=1S/C22H34N4O2S/c1-22(2,3)23-19(27)14-24-9-11-25(12-10-24)20(28)15-26-8-6-18-17(7-13-29-18)21(26)16-4-5-16/h7,13,16,21H,4-6,8-12,14-15H2,1-3H3,(H,23,27)/t21-/m1/s1. The number of carbonyl (C=O) groups is 2. The molecule has 1 aliphatic carbocycles. The molecule has 1 aromatic rings. The van der Waals surface area contributed by atoms with Crippen molar-refractivity contribution in [3.8, 4) is 0 Å². The summed E-state index contributed by atoms with van der Waals surface area (Å²) >= 11 is 1.87. The molecule has 29 heavy (non-hydrogen) atoms. The van der Waals surface area contributed by atoms with E-state index in [-0.39, 0.29) is 17.4 Å². The Morgan fingerprint density at radius 2 is 1.83 bits per heavy atom. The highest BCUT2D eigenvalue weighted by Crippen LogP contribution is 2.48. The predicted octanol–water partition coefficient (Wildman–Crippen LogP) is 2.12. The highest BCUT2D eigenvalue weighted by molar-refractivity contribution is 7.10. The molecule has 4 rings (SSSR count). The molecule has 2 fully saturated rings. The van der Waals surface area contributed by atoms with Crippen LogP contribution in [0.15, 0.2) is 11.4 Å². The van der Waals surface area contributed by atoms with Gasteiger partial charge in [0.1, 0.15) is 0 Å². The molecule has 0 spiro atoms. The molecule has 3 aliphatic rings. The largest absolute Gasteiger partial charge is 0.350 e. The zero-order valence-electron chi connectivity index (χ0n) is 17.9. The second-order valence-corrected chi connectivity index (χ2v) is 10.8. The summed E-state index contributed by atoms with van der Waals surface area (Å²) < 4.78 is 0. The maximum atomic E-state index is 13.0. The number of fused-ring (bicyclic) bond motifs is 1. The fourth-order valence-corrected chi connectivity index (χ4v) is 5.54. The fraction of sp³-hybridized carbons (Fsp3) is 0.727. The predicted molar refractivity (Wildman–Crippen MR) is 116 cm³/mol. The van der Waals surface area contributed by atoms with Gasteiger partial charge in [-0.25, -0.2) is 0 Å². The maximum Gasteiger partial charge on any atom is 0.236 e. The van der Waals surface area contributed by atoms with Crippen molar-refractivity contribution < 1.29 is 9.59 Å². The number of rotatable bonds is 5. The molecular weight excluding hydrogens is 384 g/mol. The van der Waals surface area contributed by atoms with Crippen LogP contribution in [0.4, 0.5) is 0 Å². The molecule has 1 N–H and O–H groups in total. The number of carbonyl (C=O) groups excluding carboxylic acids is 2. The van der Waals surface area contributed by atoms with E-state index < -0.39 is 0 Å². The Hall–Kier alpha value is -1.44. The first kappa shape index (κ1) is 20.8. The monoisotopic (exact) mass is 418 g/mol. The fourth-order valence-electron chi connectivity index (χ4n) is 4.63. The molecule has 2 aliphatic heterocycles. The van der Waals surface area contributed by atoms with E-state index in [1.165, 1.54) is 23.3 Å². The molecule has 1 aromatic heterocycles. The van der Waals surface area contributed by atoms with Crippen LogP contribution in [0, 0.1) is 5.92 Å². The van der Waals surface area contributed by atoms with Crippen LogP contribution in [0.5, 0.6) is 0 Å². The number of piperazine rings is 1. The van der Waals surface area contributed by atoms with Crippen molar-refractivity contribution in [3.05, 3.63) is 21.9 Å². The SMILES string of the molecule is CC(C)(C)NC(=O)CN1CCN(C(=O)CN2CCc3sccc3[C@H]2C2CC2)CC1. The van der Waals surface area contributed by atoms with Crippen molar-refractivity contribution >= 4 is 23.2 Å². The first-order chi connectivity index (χ1) is 13.8. The number of nitrogens with zero attached hydrogens (tertiary/aromatic N) is 3. The van der Waals surface area contributed by atoms with Crippen molar-refractivity contribution in [1.82, 2.24) is 20.0 Å². The Balaban J connectivity index is 1.28. The van der Waals surface area contributed by atoms with E-state index in [2.05, 4.69) is 26.6 Å². The Morgan fingerprint density at radius 3 is 2.48 bits per heavy atom. The van der Waals surface area contributed by atoms with Gasteiger partial charge in [0, 0.05) is 49.2 Å². The average molecular weight is 419 g/mol. The summed E-state index contributed by atoms with van der Waals surface area (Å²) in [6.45, 7) is 10.9. The zero-order chi connectivity index (χ0) is 20.6. The third kappa shape index (κ3) is 5.19. The number of hydrogen-bond acceptors (Lipinski definition) is 5. The van der Waals surface area contributed by atoms with Gasteiger partial charge in [0.05, 0.1) is 13.1 Å². The molecule has 3 heterocycles. The molecule has 160 valence electrons. The van der Waals surface area contributed by atoms with Crippen LogP contribution in [-0.4, -0.2) is 77.9 Å². The number of nitrogens with one attached hydrogen (secondary N) is 1. The smallest absolute Gasteiger partial charge is 0.236 e. The third-order valence-electron chi connectivity index (χ3n) is 6.13. The van der Waals surface area contributed by atoms with E-state index in [1.54, 1.807) is 0 Å². The minimum Gasteiger partial charge on any atom is -0.350 e. The maximum absolute atomic E-state index is 13.0. The molecule has 0 bridgehead atoms. The lowest BCUT2D eigenvalue weighted by atomic mass is 9.96. The van der Waals surface area contributed by atoms with Gasteiger partial charge in [0.25, 0.3) is 0 Å². The molecule has 1 saturated heterocycles. The zero-order valence-corrected chi connectivity index (χ0v) is 18.8. The highest BCUT2D eigenvalue weighted by atomic mass is 32.1. The number of hydrogen-bond donors (Lipinski definition) is 1. The van der Waals surface area contributed by atoms with E-state index in [0.29, 0.717) is 32.2 Å². The van der Waals surface area contributed by atoms with Crippen LogP contribution < -0.4 is 5.32 Å². The summed E-state index contributed by atoms with van der Waals surface area (Å²) in [5.74, 6) is 1.03. The van der Waals surface area contributed by atoms with E-state index in [0.717, 1.165) is 32.0 Å². The van der Waals surface area contributed by atoms with E-state index in [9.17, 15) is 9.59 Å². The van der Waals surface area contributed by atoms with Crippen molar-refractivity contribution in [2.24, 2.45) is 5.92 Å². The summed E-state index contributed by atoms with van der Waals surface area (Å²) in [6.07, 6.45) is 3.65. The van der Waals surface area contributed by atoms with Crippen molar-refractivity contribution in [1.29, 1.82) is 0 Å². The normalized spacial score (nSPS) is 23.7. The van der Waals surface area contributed by atoms with Crippen molar-refractivity contribution in [2.45, 2.75) is 51.6 Å². The Kier molecular flexibility index (Phi) is 6.00. The molecule has 0 radical (unpaired) electrons. The summed E-state index contributed by atoms with van der Waals surface area (Å²) in [7, 11) is 0. The van der Waals surface area contributed by atoms with E-state index in [1.807, 2.05) is 37.0 Å². The van der Waals surface area contributed by atoms with Crippen LogP contribution in [0.2, 0.25) is 0 Å². The van der Waals surface area contributed by atoms with Gasteiger partial charge in [0.15, 0.2) is 0 Å². The van der Waals surface area contributed by atoms with Crippen LogP contribution in [0.3, 0.4) is 0 Å². The number of amides is 2. The highest BCUT2D eigenvalue weighted by Gasteiger charge is 2.40. The summed E-state index contributed by atoms with van der Waals surface area (Å²) in [6, 6.07) is 2.72. The van der Waals surface area contributed by atoms with E-state index >= 15 is 0 Å². The van der Waals surface area contributed by atoms with E-state index in [4.69, 9.17) is 0 Å². The lowest BCUT2D eigenvalue weighted by molar-refractivity contribution is -0.135. The summed E-state index contributed by atoms with van der Waals surface area (Å²) in [5, 5.41) is 5.22. The molecule has 6 nitrogen and oxygen atoms in total. The lowest BCUT2D eigenvalue weighted by Gasteiger charge is -2.39. The quantitative estimate of drug-likeness (QED) is 0.796. The van der Waals surface area contributed by atoms with Crippen LogP contribution >= 0.6 is 11.3 Å². The minimum atomic E-state index is -0.205. The lowest BCUT2D eigenvalue weighted by Crippen LogP contribution is -2.54. The Bertz CT molecular complexity index is 744. The summed E-state index contributed by atoms with van der Waals surface area (Å²) in [4.78, 5) is 33.3. The Morgan fingerprint density at radius 1 is 1.10 bits per heavy atom. The first-order valence-electron chi connectivity index (χ1n) is 10.9. The molecule has 7 heteroatoms. The van der Waals surface area contributed by atoms with Gasteiger partial charge in [0.2, 0.25) is 11.8 Å². The number of thiophene rings is 1. The molecular formula is C22H34N4O2S.